The summed E-state index contributed by atoms with van der Waals surface area (Å²) in [6.45, 7) is 20.5. The average molecular weight is 427 g/mol. The Balaban J connectivity index is 1.59. The SMILES string of the molecule is CC1(C)CC[C@]2(C)CC[C@]3(C)C4=C(CC[C@@]3(C)[C@@H]2C1)[C@@]1(C)CC[C@@H](O)C(C)(C)[C@@H]1CC4. The van der Waals surface area contributed by atoms with Crippen molar-refractivity contribution in [2.24, 2.45) is 44.3 Å². The quantitative estimate of drug-likeness (QED) is 0.386. The molecule has 1 nitrogen and oxygen atoms in total. The summed E-state index contributed by atoms with van der Waals surface area (Å²) < 4.78 is 0. The minimum Gasteiger partial charge on any atom is -0.393 e. The predicted octanol–water partition coefficient (Wildman–Crippen LogP) is 8.31. The fourth-order valence-corrected chi connectivity index (χ4v) is 10.4. The molecule has 0 amide bonds. The third kappa shape index (κ3) is 2.77. The fraction of sp³-hybridized carbons (Fsp3) is 0.933. The van der Waals surface area contributed by atoms with E-state index < -0.39 is 0 Å². The molecule has 176 valence electrons. The van der Waals surface area contributed by atoms with Gasteiger partial charge in [-0.05, 0) is 115 Å². The van der Waals surface area contributed by atoms with Gasteiger partial charge in [0.25, 0.3) is 0 Å². The highest BCUT2D eigenvalue weighted by molar-refractivity contribution is 5.38. The molecule has 0 aromatic carbocycles. The molecule has 5 rings (SSSR count). The molecule has 0 bridgehead atoms. The van der Waals surface area contributed by atoms with Crippen molar-refractivity contribution in [2.45, 2.75) is 132 Å². The maximum absolute atomic E-state index is 10.9. The lowest BCUT2D eigenvalue weighted by molar-refractivity contribution is -0.154. The van der Waals surface area contributed by atoms with E-state index in [-0.39, 0.29) is 11.5 Å². The summed E-state index contributed by atoms with van der Waals surface area (Å²) in [4.78, 5) is 0. The van der Waals surface area contributed by atoms with Gasteiger partial charge in [-0.3, -0.25) is 0 Å². The van der Waals surface area contributed by atoms with Crippen molar-refractivity contribution in [3.8, 4) is 0 Å². The zero-order valence-corrected chi connectivity index (χ0v) is 22.0. The maximum atomic E-state index is 10.9. The van der Waals surface area contributed by atoms with E-state index in [0.717, 1.165) is 12.3 Å². The molecule has 0 spiro atoms. The number of hydrogen-bond acceptors (Lipinski definition) is 1. The van der Waals surface area contributed by atoms with Crippen LogP contribution in [0.3, 0.4) is 0 Å². The molecular formula is C30H50O. The molecule has 5 aliphatic rings. The van der Waals surface area contributed by atoms with Gasteiger partial charge >= 0.3 is 0 Å². The average Bonchev–Trinajstić information content (AvgIpc) is 2.68. The Kier molecular flexibility index (Phi) is 4.66. The smallest absolute Gasteiger partial charge is 0.0594 e. The van der Waals surface area contributed by atoms with E-state index in [2.05, 4.69) is 55.4 Å². The highest BCUT2D eigenvalue weighted by atomic mass is 16.3. The number of fused-ring (bicyclic) bond motifs is 6. The standard InChI is InChI=1S/C30H50O/c1-25(2)15-16-27(5)17-18-29(7)21-9-10-22-26(3,4)24(31)12-13-28(22,6)20(21)11-14-30(29,8)23(27)19-25/h22-24,31H,9-19H2,1-8H3/t22-,23+,24+,27+,28+,29+,30-/m0/s1. The van der Waals surface area contributed by atoms with Crippen molar-refractivity contribution < 1.29 is 5.11 Å². The van der Waals surface area contributed by atoms with Crippen molar-refractivity contribution in [1.82, 2.24) is 0 Å². The van der Waals surface area contributed by atoms with Gasteiger partial charge in [0.2, 0.25) is 0 Å². The van der Waals surface area contributed by atoms with Gasteiger partial charge in [0.15, 0.2) is 0 Å². The van der Waals surface area contributed by atoms with Crippen LogP contribution in [0, 0.1) is 44.3 Å². The zero-order valence-electron chi connectivity index (χ0n) is 22.0. The Morgan fingerprint density at radius 2 is 1.35 bits per heavy atom. The van der Waals surface area contributed by atoms with Gasteiger partial charge in [-0.2, -0.15) is 0 Å². The van der Waals surface area contributed by atoms with Crippen LogP contribution in [0.15, 0.2) is 11.1 Å². The molecule has 0 heterocycles. The van der Waals surface area contributed by atoms with Crippen molar-refractivity contribution >= 4 is 0 Å². The van der Waals surface area contributed by atoms with Gasteiger partial charge in [-0.25, -0.2) is 0 Å². The highest BCUT2D eigenvalue weighted by Crippen LogP contribution is 2.75. The molecular weight excluding hydrogens is 376 g/mol. The van der Waals surface area contributed by atoms with Gasteiger partial charge in [-0.1, -0.05) is 66.5 Å². The number of aliphatic hydroxyl groups is 1. The predicted molar refractivity (Wildman–Crippen MR) is 131 cm³/mol. The van der Waals surface area contributed by atoms with Crippen LogP contribution in [0.4, 0.5) is 0 Å². The van der Waals surface area contributed by atoms with Gasteiger partial charge in [0.05, 0.1) is 6.10 Å². The third-order valence-electron chi connectivity index (χ3n) is 13.0. The van der Waals surface area contributed by atoms with E-state index in [4.69, 9.17) is 0 Å². The lowest BCUT2D eigenvalue weighted by Crippen LogP contribution is -2.61. The third-order valence-corrected chi connectivity index (χ3v) is 13.0. The van der Waals surface area contributed by atoms with Crippen LogP contribution in [-0.4, -0.2) is 11.2 Å². The summed E-state index contributed by atoms with van der Waals surface area (Å²) in [7, 11) is 0. The fourth-order valence-electron chi connectivity index (χ4n) is 10.4. The van der Waals surface area contributed by atoms with Crippen LogP contribution in [0.25, 0.3) is 0 Å². The molecule has 1 N–H and O–H groups in total. The minimum absolute atomic E-state index is 0.0473. The summed E-state index contributed by atoms with van der Waals surface area (Å²) in [5, 5.41) is 10.9. The molecule has 3 saturated carbocycles. The minimum atomic E-state index is -0.128. The van der Waals surface area contributed by atoms with Crippen LogP contribution < -0.4 is 0 Å². The van der Waals surface area contributed by atoms with Crippen LogP contribution in [-0.2, 0) is 0 Å². The number of aliphatic hydroxyl groups excluding tert-OH is 1. The Morgan fingerprint density at radius 1 is 0.677 bits per heavy atom. The summed E-state index contributed by atoms with van der Waals surface area (Å²) >= 11 is 0. The molecule has 5 aliphatic carbocycles. The van der Waals surface area contributed by atoms with E-state index >= 15 is 0 Å². The van der Waals surface area contributed by atoms with Crippen LogP contribution in [0.5, 0.6) is 0 Å². The normalized spacial score (nSPS) is 53.1. The van der Waals surface area contributed by atoms with Gasteiger partial charge in [0, 0.05) is 0 Å². The molecule has 3 fully saturated rings. The summed E-state index contributed by atoms with van der Waals surface area (Å²) in [6, 6.07) is 0. The first-order valence-electron chi connectivity index (χ1n) is 13.6. The van der Waals surface area contributed by atoms with Gasteiger partial charge < -0.3 is 5.11 Å². The second-order valence-corrected chi connectivity index (χ2v) is 15.2. The van der Waals surface area contributed by atoms with Crippen LogP contribution >= 0.6 is 0 Å². The lowest BCUT2D eigenvalue weighted by atomic mass is 9.35. The van der Waals surface area contributed by atoms with Crippen LogP contribution in [0.2, 0.25) is 0 Å². The van der Waals surface area contributed by atoms with E-state index in [9.17, 15) is 5.11 Å². The number of rotatable bonds is 0. The molecule has 0 saturated heterocycles. The van der Waals surface area contributed by atoms with Gasteiger partial charge in [0.1, 0.15) is 0 Å². The van der Waals surface area contributed by atoms with E-state index in [1.807, 2.05) is 11.1 Å². The Bertz CT molecular complexity index is 803. The first-order chi connectivity index (χ1) is 14.2. The maximum Gasteiger partial charge on any atom is 0.0594 e. The summed E-state index contributed by atoms with van der Waals surface area (Å²) in [6.07, 6.45) is 14.5. The van der Waals surface area contributed by atoms with Crippen molar-refractivity contribution in [1.29, 1.82) is 0 Å². The summed E-state index contributed by atoms with van der Waals surface area (Å²) in [5.41, 5.74) is 6.02. The molecule has 0 unspecified atom stereocenters. The van der Waals surface area contributed by atoms with E-state index in [0.29, 0.717) is 33.0 Å². The Labute approximate surface area is 192 Å². The molecule has 0 radical (unpaired) electrons. The first-order valence-corrected chi connectivity index (χ1v) is 13.6. The first kappa shape index (κ1) is 22.5. The van der Waals surface area contributed by atoms with E-state index in [1.165, 1.54) is 64.2 Å². The Hall–Kier alpha value is -0.300. The van der Waals surface area contributed by atoms with Crippen molar-refractivity contribution in [3.63, 3.8) is 0 Å². The highest BCUT2D eigenvalue weighted by Gasteiger charge is 2.65. The second-order valence-electron chi connectivity index (χ2n) is 15.2. The monoisotopic (exact) mass is 426 g/mol. The summed E-state index contributed by atoms with van der Waals surface area (Å²) in [5.74, 6) is 1.50. The lowest BCUT2D eigenvalue weighted by Gasteiger charge is -2.69. The molecule has 0 aromatic heterocycles. The second kappa shape index (κ2) is 6.43. The molecule has 0 aromatic rings. The van der Waals surface area contributed by atoms with Crippen molar-refractivity contribution in [2.75, 3.05) is 0 Å². The molecule has 7 atom stereocenters. The largest absolute Gasteiger partial charge is 0.393 e. The zero-order chi connectivity index (χ0) is 22.7. The molecule has 1 heteroatoms. The molecule has 31 heavy (non-hydrogen) atoms. The Morgan fingerprint density at radius 3 is 2.06 bits per heavy atom. The van der Waals surface area contributed by atoms with Crippen molar-refractivity contribution in [3.05, 3.63) is 11.1 Å². The van der Waals surface area contributed by atoms with E-state index in [1.54, 1.807) is 0 Å². The molecule has 0 aliphatic heterocycles. The topological polar surface area (TPSA) is 20.2 Å². The van der Waals surface area contributed by atoms with Gasteiger partial charge in [-0.15, -0.1) is 0 Å². The number of hydrogen-bond donors (Lipinski definition) is 1. The number of allylic oxidation sites excluding steroid dienone is 2. The van der Waals surface area contributed by atoms with Crippen LogP contribution in [0.1, 0.15) is 126 Å².